The first-order chi connectivity index (χ1) is 12.7. The summed E-state index contributed by atoms with van der Waals surface area (Å²) in [7, 11) is 1.67. The van der Waals surface area contributed by atoms with Gasteiger partial charge >= 0.3 is 0 Å². The van der Waals surface area contributed by atoms with Crippen LogP contribution in [0.15, 0.2) is 53.5 Å². The topological polar surface area (TPSA) is 84.0 Å². The second-order valence-corrected chi connectivity index (χ2v) is 5.70. The molecule has 0 saturated heterocycles. The zero-order valence-corrected chi connectivity index (χ0v) is 17.4. The van der Waals surface area contributed by atoms with Crippen molar-refractivity contribution in [1.29, 1.82) is 0 Å². The molecule has 1 amide bonds. The second-order valence-electron chi connectivity index (χ2n) is 5.70. The summed E-state index contributed by atoms with van der Waals surface area (Å²) in [6.45, 7) is 1.09. The quantitative estimate of drug-likeness (QED) is 0.335. The van der Waals surface area contributed by atoms with Crippen molar-refractivity contribution in [2.45, 2.75) is 6.42 Å². The third-order valence-electron chi connectivity index (χ3n) is 3.84. The molecule has 1 heterocycles. The van der Waals surface area contributed by atoms with E-state index in [9.17, 15) is 4.79 Å². The average Bonchev–Trinajstić information content (AvgIpc) is 3.13. The Hall–Kier alpha value is -2.49. The number of fused-ring (bicyclic) bond motifs is 1. The van der Waals surface area contributed by atoms with Gasteiger partial charge in [0.25, 0.3) is 0 Å². The van der Waals surface area contributed by atoms with Crippen LogP contribution in [0.5, 0.6) is 11.5 Å². The number of halogens is 1. The minimum atomic E-state index is -0.130. The molecule has 1 aliphatic rings. The van der Waals surface area contributed by atoms with E-state index in [1.54, 1.807) is 7.05 Å². The van der Waals surface area contributed by atoms with E-state index in [2.05, 4.69) is 20.9 Å². The number of carbonyl (C=O) groups is 1. The number of nitrogens with one attached hydrogen (secondary N) is 3. The van der Waals surface area contributed by atoms with Crippen molar-refractivity contribution in [2.75, 3.05) is 32.2 Å². The van der Waals surface area contributed by atoms with E-state index in [0.29, 0.717) is 12.5 Å². The monoisotopic (exact) mass is 482 g/mol. The number of nitrogens with zero attached hydrogens (tertiary/aromatic N) is 1. The number of aliphatic imine (C=N–C) groups is 1. The molecule has 27 heavy (non-hydrogen) atoms. The predicted molar refractivity (Wildman–Crippen MR) is 116 cm³/mol. The van der Waals surface area contributed by atoms with Crippen LogP contribution in [0.4, 0.5) is 5.69 Å². The van der Waals surface area contributed by atoms with Gasteiger partial charge in [-0.15, -0.1) is 24.0 Å². The lowest BCUT2D eigenvalue weighted by atomic mass is 10.1. The van der Waals surface area contributed by atoms with Gasteiger partial charge in [-0.25, -0.2) is 0 Å². The van der Waals surface area contributed by atoms with E-state index >= 15 is 0 Å². The van der Waals surface area contributed by atoms with Crippen LogP contribution in [-0.2, 0) is 11.2 Å². The lowest BCUT2D eigenvalue weighted by molar-refractivity contribution is -0.115. The van der Waals surface area contributed by atoms with Gasteiger partial charge < -0.3 is 25.4 Å². The molecule has 8 heteroatoms. The third kappa shape index (κ3) is 6.31. The molecule has 0 aromatic heterocycles. The number of carbonyl (C=O) groups excluding carboxylic acids is 1. The summed E-state index contributed by atoms with van der Waals surface area (Å²) in [5, 5.41) is 9.01. The molecule has 2 aromatic carbocycles. The summed E-state index contributed by atoms with van der Waals surface area (Å²) in [6, 6.07) is 15.2. The largest absolute Gasteiger partial charge is 0.454 e. The molecule has 7 nitrogen and oxygen atoms in total. The van der Waals surface area contributed by atoms with Gasteiger partial charge in [-0.3, -0.25) is 9.79 Å². The molecule has 0 radical (unpaired) electrons. The molecular formula is C19H23IN4O3. The van der Waals surface area contributed by atoms with Crippen LogP contribution < -0.4 is 25.4 Å². The van der Waals surface area contributed by atoms with Crippen LogP contribution >= 0.6 is 24.0 Å². The van der Waals surface area contributed by atoms with Crippen molar-refractivity contribution in [2.24, 2.45) is 4.99 Å². The standard InChI is InChI=1S/C19H22N4O3.HI/c1-20-19(22-12-18(24)23-15-5-3-2-4-6-15)21-10-9-14-7-8-16-17(11-14)26-13-25-16;/h2-8,11H,9-10,12-13H2,1H3,(H,23,24)(H2,20,21,22);1H. The van der Waals surface area contributed by atoms with Crippen molar-refractivity contribution < 1.29 is 14.3 Å². The molecular weight excluding hydrogens is 459 g/mol. The fourth-order valence-corrected chi connectivity index (χ4v) is 2.53. The highest BCUT2D eigenvalue weighted by Gasteiger charge is 2.13. The highest BCUT2D eigenvalue weighted by Crippen LogP contribution is 2.32. The number of ether oxygens (including phenoxy) is 2. The summed E-state index contributed by atoms with van der Waals surface area (Å²) < 4.78 is 10.7. The first kappa shape index (κ1) is 20.8. The van der Waals surface area contributed by atoms with Crippen LogP contribution in [0.25, 0.3) is 0 Å². The second kappa shape index (κ2) is 10.6. The Labute approximate surface area is 175 Å². The molecule has 2 aromatic rings. The number of hydrogen-bond donors (Lipinski definition) is 3. The van der Waals surface area contributed by atoms with Crippen molar-refractivity contribution >= 4 is 41.5 Å². The van der Waals surface area contributed by atoms with Crippen molar-refractivity contribution in [3.8, 4) is 11.5 Å². The number of guanidine groups is 1. The maximum Gasteiger partial charge on any atom is 0.243 e. The first-order valence-electron chi connectivity index (χ1n) is 8.42. The Morgan fingerprint density at radius 2 is 1.85 bits per heavy atom. The van der Waals surface area contributed by atoms with Gasteiger partial charge in [-0.2, -0.15) is 0 Å². The molecule has 0 unspecified atom stereocenters. The molecule has 144 valence electrons. The molecule has 0 spiro atoms. The predicted octanol–water partition coefficient (Wildman–Crippen LogP) is 2.38. The van der Waals surface area contributed by atoms with Crippen molar-refractivity contribution in [3.05, 3.63) is 54.1 Å². The number of para-hydroxylation sites is 1. The SMILES string of the molecule is CN=C(NCCc1ccc2c(c1)OCO2)NCC(=O)Nc1ccccc1.I. The van der Waals surface area contributed by atoms with Crippen LogP contribution in [0, 0.1) is 0 Å². The highest BCUT2D eigenvalue weighted by molar-refractivity contribution is 14.0. The molecule has 0 aliphatic carbocycles. The molecule has 0 fully saturated rings. The lowest BCUT2D eigenvalue weighted by Crippen LogP contribution is -2.42. The first-order valence-corrected chi connectivity index (χ1v) is 8.42. The molecule has 1 aliphatic heterocycles. The maximum atomic E-state index is 12.0. The minimum absolute atomic E-state index is 0. The number of amides is 1. The van der Waals surface area contributed by atoms with Gasteiger partial charge in [0.05, 0.1) is 6.54 Å². The van der Waals surface area contributed by atoms with Crippen molar-refractivity contribution in [1.82, 2.24) is 10.6 Å². The Morgan fingerprint density at radius 3 is 2.63 bits per heavy atom. The molecule has 3 N–H and O–H groups in total. The third-order valence-corrected chi connectivity index (χ3v) is 3.84. The Kier molecular flexibility index (Phi) is 8.18. The minimum Gasteiger partial charge on any atom is -0.454 e. The van der Waals surface area contributed by atoms with Crippen molar-refractivity contribution in [3.63, 3.8) is 0 Å². The Morgan fingerprint density at radius 1 is 1.07 bits per heavy atom. The Balaban J connectivity index is 0.00000261. The number of anilines is 1. The number of rotatable bonds is 6. The van der Waals surface area contributed by atoms with E-state index in [1.165, 1.54) is 0 Å². The Bertz CT molecular complexity index is 784. The highest BCUT2D eigenvalue weighted by atomic mass is 127. The summed E-state index contributed by atoms with van der Waals surface area (Å²) in [5.41, 5.74) is 1.91. The van der Waals surface area contributed by atoms with Crippen LogP contribution in [-0.4, -0.2) is 38.8 Å². The summed E-state index contributed by atoms with van der Waals surface area (Å²) in [5.74, 6) is 2.01. The van der Waals surface area contributed by atoms with Crippen LogP contribution in [0.3, 0.4) is 0 Å². The van der Waals surface area contributed by atoms with Crippen LogP contribution in [0.1, 0.15) is 5.56 Å². The van der Waals surface area contributed by atoms with Gasteiger partial charge in [0, 0.05) is 19.3 Å². The van der Waals surface area contributed by atoms with Gasteiger partial charge in [0.1, 0.15) is 0 Å². The zero-order valence-electron chi connectivity index (χ0n) is 15.0. The van der Waals surface area contributed by atoms with Gasteiger partial charge in [-0.1, -0.05) is 24.3 Å². The fraction of sp³-hybridized carbons (Fsp3) is 0.263. The van der Waals surface area contributed by atoms with E-state index in [1.807, 2.05) is 48.5 Å². The average molecular weight is 482 g/mol. The van der Waals surface area contributed by atoms with E-state index in [4.69, 9.17) is 9.47 Å². The lowest BCUT2D eigenvalue weighted by Gasteiger charge is -2.12. The summed E-state index contributed by atoms with van der Waals surface area (Å²) >= 11 is 0. The van der Waals surface area contributed by atoms with Gasteiger partial charge in [0.15, 0.2) is 17.5 Å². The number of hydrogen-bond acceptors (Lipinski definition) is 4. The smallest absolute Gasteiger partial charge is 0.243 e. The maximum absolute atomic E-state index is 12.0. The van der Waals surface area contributed by atoms with Gasteiger partial charge in [0.2, 0.25) is 12.7 Å². The number of benzene rings is 2. The fourth-order valence-electron chi connectivity index (χ4n) is 2.53. The molecule has 0 bridgehead atoms. The zero-order chi connectivity index (χ0) is 18.2. The summed E-state index contributed by atoms with van der Waals surface area (Å²) in [6.07, 6.45) is 0.799. The summed E-state index contributed by atoms with van der Waals surface area (Å²) in [4.78, 5) is 16.1. The van der Waals surface area contributed by atoms with Gasteiger partial charge in [-0.05, 0) is 36.2 Å². The normalized spacial score (nSPS) is 12.1. The molecule has 3 rings (SSSR count). The molecule has 0 saturated carbocycles. The van der Waals surface area contributed by atoms with E-state index in [-0.39, 0.29) is 43.2 Å². The van der Waals surface area contributed by atoms with Crippen LogP contribution in [0.2, 0.25) is 0 Å². The van der Waals surface area contributed by atoms with E-state index < -0.39 is 0 Å². The molecule has 0 atom stereocenters. The van der Waals surface area contributed by atoms with E-state index in [0.717, 1.165) is 29.2 Å².